The largest absolute Gasteiger partial charge is 0.396 e. The van der Waals surface area contributed by atoms with Gasteiger partial charge in [-0.3, -0.25) is 4.99 Å². The second-order valence-electron chi connectivity index (χ2n) is 7.56. The fourth-order valence-corrected chi connectivity index (χ4v) is 4.02. The van der Waals surface area contributed by atoms with Crippen molar-refractivity contribution in [3.05, 3.63) is 35.9 Å². The number of aliphatic imine (C=N–C) groups is 1. The molecule has 1 aliphatic carbocycles. The SMILES string of the molecule is CN=C(NCC1(CCO)CCOC1)NCC1(c2ccccc2)CCC1. The van der Waals surface area contributed by atoms with E-state index in [0.29, 0.717) is 6.61 Å². The van der Waals surface area contributed by atoms with Gasteiger partial charge in [-0.1, -0.05) is 36.8 Å². The number of guanidine groups is 1. The van der Waals surface area contributed by atoms with Crippen molar-refractivity contribution in [2.24, 2.45) is 10.4 Å². The highest BCUT2D eigenvalue weighted by Crippen LogP contribution is 2.43. The fraction of sp³-hybridized carbons (Fsp3) is 0.650. The van der Waals surface area contributed by atoms with Gasteiger partial charge in [-0.25, -0.2) is 0 Å². The molecule has 2 fully saturated rings. The molecule has 1 saturated heterocycles. The molecule has 0 aromatic heterocycles. The zero-order chi connectivity index (χ0) is 17.6. The first-order chi connectivity index (χ1) is 12.2. The number of rotatable bonds is 7. The van der Waals surface area contributed by atoms with Crippen molar-refractivity contribution in [1.82, 2.24) is 10.6 Å². The average Bonchev–Trinajstić information content (AvgIpc) is 3.06. The molecule has 1 saturated carbocycles. The number of benzene rings is 1. The number of nitrogens with zero attached hydrogens (tertiary/aromatic N) is 1. The predicted octanol–water partition coefficient (Wildman–Crippen LogP) is 2.06. The number of ether oxygens (including phenoxy) is 1. The highest BCUT2D eigenvalue weighted by molar-refractivity contribution is 5.79. The number of aliphatic hydroxyl groups excluding tert-OH is 1. The monoisotopic (exact) mass is 345 g/mol. The molecule has 25 heavy (non-hydrogen) atoms. The lowest BCUT2D eigenvalue weighted by Crippen LogP contribution is -2.50. The van der Waals surface area contributed by atoms with E-state index in [1.54, 1.807) is 0 Å². The van der Waals surface area contributed by atoms with E-state index in [-0.39, 0.29) is 17.4 Å². The Balaban J connectivity index is 1.56. The smallest absolute Gasteiger partial charge is 0.191 e. The van der Waals surface area contributed by atoms with Gasteiger partial charge in [0.05, 0.1) is 6.61 Å². The summed E-state index contributed by atoms with van der Waals surface area (Å²) < 4.78 is 5.57. The highest BCUT2D eigenvalue weighted by Gasteiger charge is 2.39. The Morgan fingerprint density at radius 3 is 2.48 bits per heavy atom. The van der Waals surface area contributed by atoms with Gasteiger partial charge in [-0.2, -0.15) is 0 Å². The predicted molar refractivity (Wildman–Crippen MR) is 101 cm³/mol. The van der Waals surface area contributed by atoms with Gasteiger partial charge in [0.15, 0.2) is 5.96 Å². The summed E-state index contributed by atoms with van der Waals surface area (Å²) in [5, 5.41) is 16.3. The Hall–Kier alpha value is -1.59. The summed E-state index contributed by atoms with van der Waals surface area (Å²) in [4.78, 5) is 4.39. The molecule has 2 aliphatic rings. The lowest BCUT2D eigenvalue weighted by molar-refractivity contribution is 0.127. The number of hydrogen-bond acceptors (Lipinski definition) is 3. The number of nitrogens with one attached hydrogen (secondary N) is 2. The van der Waals surface area contributed by atoms with Crippen molar-refractivity contribution in [1.29, 1.82) is 0 Å². The van der Waals surface area contributed by atoms with Crippen LogP contribution in [0, 0.1) is 5.41 Å². The summed E-state index contributed by atoms with van der Waals surface area (Å²) in [6.07, 6.45) is 5.50. The zero-order valence-electron chi connectivity index (χ0n) is 15.3. The van der Waals surface area contributed by atoms with Crippen LogP contribution in [0.25, 0.3) is 0 Å². The molecule has 1 aromatic carbocycles. The molecule has 0 spiro atoms. The molecule has 1 aliphatic heterocycles. The van der Waals surface area contributed by atoms with Crippen molar-refractivity contribution < 1.29 is 9.84 Å². The summed E-state index contributed by atoms with van der Waals surface area (Å²) in [5.41, 5.74) is 1.68. The second-order valence-corrected chi connectivity index (χ2v) is 7.56. The Kier molecular flexibility index (Phi) is 5.97. The van der Waals surface area contributed by atoms with Crippen LogP contribution in [-0.2, 0) is 10.2 Å². The van der Waals surface area contributed by atoms with E-state index in [4.69, 9.17) is 4.74 Å². The van der Waals surface area contributed by atoms with Crippen LogP contribution in [0.2, 0.25) is 0 Å². The molecule has 1 unspecified atom stereocenters. The summed E-state index contributed by atoms with van der Waals surface area (Å²) in [5.74, 6) is 0.839. The fourth-order valence-electron chi connectivity index (χ4n) is 4.02. The van der Waals surface area contributed by atoms with E-state index in [9.17, 15) is 5.11 Å². The summed E-state index contributed by atoms with van der Waals surface area (Å²) in [7, 11) is 1.81. The minimum absolute atomic E-state index is 0.0277. The lowest BCUT2D eigenvalue weighted by atomic mass is 9.64. The summed E-state index contributed by atoms with van der Waals surface area (Å²) >= 11 is 0. The molecule has 3 N–H and O–H groups in total. The van der Waals surface area contributed by atoms with Gasteiger partial charge >= 0.3 is 0 Å². The molecule has 1 atom stereocenters. The summed E-state index contributed by atoms with van der Waals surface area (Å²) in [6, 6.07) is 10.8. The molecule has 1 heterocycles. The van der Waals surface area contributed by atoms with Crippen LogP contribution in [-0.4, -0.2) is 51.0 Å². The topological polar surface area (TPSA) is 65.9 Å². The Bertz CT molecular complexity index is 564. The molecule has 1 aromatic rings. The van der Waals surface area contributed by atoms with Gasteiger partial charge < -0.3 is 20.5 Å². The van der Waals surface area contributed by atoms with E-state index in [2.05, 4.69) is 46.0 Å². The summed E-state index contributed by atoms with van der Waals surface area (Å²) in [6.45, 7) is 3.39. The van der Waals surface area contributed by atoms with Crippen LogP contribution < -0.4 is 10.6 Å². The van der Waals surface area contributed by atoms with Crippen LogP contribution in [0.5, 0.6) is 0 Å². The van der Waals surface area contributed by atoms with Gasteiger partial charge in [-0.15, -0.1) is 0 Å². The first-order valence-corrected chi connectivity index (χ1v) is 9.41. The molecular formula is C20H31N3O2. The Morgan fingerprint density at radius 2 is 1.92 bits per heavy atom. The Morgan fingerprint density at radius 1 is 1.16 bits per heavy atom. The van der Waals surface area contributed by atoms with Crippen molar-refractivity contribution in [3.8, 4) is 0 Å². The quantitative estimate of drug-likeness (QED) is 0.523. The van der Waals surface area contributed by atoms with Gasteiger partial charge in [0.1, 0.15) is 0 Å². The van der Waals surface area contributed by atoms with Crippen LogP contribution in [0.15, 0.2) is 35.3 Å². The van der Waals surface area contributed by atoms with Crippen molar-refractivity contribution in [3.63, 3.8) is 0 Å². The van der Waals surface area contributed by atoms with E-state index < -0.39 is 0 Å². The zero-order valence-corrected chi connectivity index (χ0v) is 15.3. The van der Waals surface area contributed by atoms with Crippen LogP contribution in [0.1, 0.15) is 37.7 Å². The first-order valence-electron chi connectivity index (χ1n) is 9.41. The molecule has 0 amide bonds. The van der Waals surface area contributed by atoms with E-state index in [0.717, 1.165) is 38.5 Å². The molecule has 5 nitrogen and oxygen atoms in total. The van der Waals surface area contributed by atoms with Crippen LogP contribution in [0.4, 0.5) is 0 Å². The van der Waals surface area contributed by atoms with E-state index in [1.165, 1.54) is 24.8 Å². The van der Waals surface area contributed by atoms with Gasteiger partial charge in [-0.05, 0) is 31.2 Å². The molecule has 5 heteroatoms. The number of hydrogen-bond donors (Lipinski definition) is 3. The third-order valence-corrected chi connectivity index (χ3v) is 5.97. The standard InChI is InChI=1S/C20H31N3O2/c1-21-18(22-14-19(10-12-24)11-13-25-16-19)23-15-20(8-5-9-20)17-6-3-2-4-7-17/h2-4,6-7,24H,5,8-16H2,1H3,(H2,21,22,23). The van der Waals surface area contributed by atoms with E-state index in [1.807, 2.05) is 7.05 Å². The molecule has 0 bridgehead atoms. The van der Waals surface area contributed by atoms with Gasteiger partial charge in [0.25, 0.3) is 0 Å². The maximum atomic E-state index is 9.36. The maximum Gasteiger partial charge on any atom is 0.191 e. The van der Waals surface area contributed by atoms with Crippen molar-refractivity contribution in [2.75, 3.05) is 40.0 Å². The first kappa shape index (κ1) is 18.2. The highest BCUT2D eigenvalue weighted by atomic mass is 16.5. The lowest BCUT2D eigenvalue weighted by Gasteiger charge is -2.43. The van der Waals surface area contributed by atoms with Crippen molar-refractivity contribution >= 4 is 5.96 Å². The normalized spacial score (nSPS) is 25.4. The Labute approximate surface area is 150 Å². The third-order valence-electron chi connectivity index (χ3n) is 5.97. The van der Waals surface area contributed by atoms with Crippen LogP contribution >= 0.6 is 0 Å². The average molecular weight is 345 g/mol. The van der Waals surface area contributed by atoms with Crippen LogP contribution in [0.3, 0.4) is 0 Å². The van der Waals surface area contributed by atoms with Crippen molar-refractivity contribution in [2.45, 2.75) is 37.5 Å². The number of aliphatic hydroxyl groups is 1. The van der Waals surface area contributed by atoms with Gasteiger partial charge in [0, 0.05) is 44.2 Å². The third kappa shape index (κ3) is 4.15. The van der Waals surface area contributed by atoms with E-state index >= 15 is 0 Å². The maximum absolute atomic E-state index is 9.36. The minimum Gasteiger partial charge on any atom is -0.396 e. The minimum atomic E-state index is 0.0277. The second kappa shape index (κ2) is 8.19. The molecule has 3 rings (SSSR count). The molecule has 138 valence electrons. The molecule has 0 radical (unpaired) electrons. The molecular weight excluding hydrogens is 314 g/mol. The van der Waals surface area contributed by atoms with Gasteiger partial charge in [0.2, 0.25) is 0 Å².